The molecule has 2 aliphatic heterocycles. The van der Waals surface area contributed by atoms with Crippen LogP contribution < -0.4 is 9.47 Å². The molecule has 3 aliphatic rings. The molecule has 0 aromatic heterocycles. The minimum absolute atomic E-state index is 0.0469. The van der Waals surface area contributed by atoms with Gasteiger partial charge in [-0.25, -0.2) is 0 Å². The molecule has 2 amide bonds. The Morgan fingerprint density at radius 2 is 1.62 bits per heavy atom. The van der Waals surface area contributed by atoms with Gasteiger partial charge in [0.1, 0.15) is 11.5 Å². The van der Waals surface area contributed by atoms with E-state index >= 15 is 0 Å². The molecule has 6 heteroatoms. The zero-order valence-corrected chi connectivity index (χ0v) is 17.6. The molecule has 0 N–H and O–H groups in total. The van der Waals surface area contributed by atoms with Gasteiger partial charge in [-0.15, -0.1) is 0 Å². The standard InChI is InChI=1S/C23H32N2O4/c1-28-17-9-10-18(21(13-17)29-2)19-14-25(22(26)16-7-3-4-8-16)15-20(19)23(27)24-11-5-6-12-24/h9-10,13,16,19-20H,3-8,11-12,14-15H2,1-2H3/t19-,20-/m0/s1. The highest BCUT2D eigenvalue weighted by atomic mass is 16.5. The van der Waals surface area contributed by atoms with Gasteiger partial charge in [0.2, 0.25) is 11.8 Å². The molecule has 4 rings (SSSR count). The number of benzene rings is 1. The summed E-state index contributed by atoms with van der Waals surface area (Å²) in [5, 5.41) is 0. The molecule has 2 saturated heterocycles. The number of amides is 2. The second kappa shape index (κ2) is 8.64. The molecule has 158 valence electrons. The molecule has 6 nitrogen and oxygen atoms in total. The molecule has 0 spiro atoms. The van der Waals surface area contributed by atoms with Crippen LogP contribution in [-0.2, 0) is 9.59 Å². The van der Waals surface area contributed by atoms with Crippen LogP contribution in [0.1, 0.15) is 50.0 Å². The van der Waals surface area contributed by atoms with Gasteiger partial charge in [0.25, 0.3) is 0 Å². The van der Waals surface area contributed by atoms with Crippen LogP contribution in [0.5, 0.6) is 11.5 Å². The van der Waals surface area contributed by atoms with Crippen LogP contribution in [0.25, 0.3) is 0 Å². The van der Waals surface area contributed by atoms with Crippen LogP contribution in [0, 0.1) is 11.8 Å². The van der Waals surface area contributed by atoms with Crippen molar-refractivity contribution in [2.45, 2.75) is 44.4 Å². The average molecular weight is 401 g/mol. The summed E-state index contributed by atoms with van der Waals surface area (Å²) in [6.07, 6.45) is 6.37. The molecule has 1 aromatic rings. The van der Waals surface area contributed by atoms with Gasteiger partial charge in [-0.05, 0) is 31.7 Å². The molecular formula is C23H32N2O4. The van der Waals surface area contributed by atoms with Crippen molar-refractivity contribution in [3.8, 4) is 11.5 Å². The Kier molecular flexibility index (Phi) is 5.97. The minimum atomic E-state index is -0.208. The van der Waals surface area contributed by atoms with E-state index in [4.69, 9.17) is 9.47 Å². The van der Waals surface area contributed by atoms with E-state index in [1.807, 2.05) is 28.0 Å². The maximum Gasteiger partial charge on any atom is 0.228 e. The topological polar surface area (TPSA) is 59.1 Å². The lowest BCUT2D eigenvalue weighted by Gasteiger charge is -2.25. The monoisotopic (exact) mass is 400 g/mol. The van der Waals surface area contributed by atoms with Gasteiger partial charge >= 0.3 is 0 Å². The molecule has 0 bridgehead atoms. The normalized spacial score (nSPS) is 24.9. The van der Waals surface area contributed by atoms with E-state index in [9.17, 15) is 9.59 Å². The van der Waals surface area contributed by atoms with Crippen molar-refractivity contribution in [1.82, 2.24) is 9.80 Å². The number of ether oxygens (including phenoxy) is 2. The molecule has 29 heavy (non-hydrogen) atoms. The summed E-state index contributed by atoms with van der Waals surface area (Å²) < 4.78 is 11.0. The third kappa shape index (κ3) is 3.94. The second-order valence-electron chi connectivity index (χ2n) is 8.58. The fourth-order valence-electron chi connectivity index (χ4n) is 5.28. The summed E-state index contributed by atoms with van der Waals surface area (Å²) in [6, 6.07) is 5.78. The number of carbonyl (C=O) groups excluding carboxylic acids is 2. The van der Waals surface area contributed by atoms with Gasteiger partial charge in [0, 0.05) is 49.6 Å². The van der Waals surface area contributed by atoms with E-state index in [0.29, 0.717) is 13.1 Å². The predicted octanol–water partition coefficient (Wildman–Crippen LogP) is 3.06. The van der Waals surface area contributed by atoms with Gasteiger partial charge < -0.3 is 19.3 Å². The third-order valence-corrected chi connectivity index (χ3v) is 6.91. The first-order chi connectivity index (χ1) is 14.1. The molecule has 1 aliphatic carbocycles. The summed E-state index contributed by atoms with van der Waals surface area (Å²) >= 11 is 0. The number of carbonyl (C=O) groups is 2. The van der Waals surface area contributed by atoms with E-state index in [0.717, 1.165) is 68.7 Å². The lowest BCUT2D eigenvalue weighted by molar-refractivity contribution is -0.136. The lowest BCUT2D eigenvalue weighted by Crippen LogP contribution is -2.38. The number of rotatable bonds is 5. The van der Waals surface area contributed by atoms with Gasteiger partial charge in [0.15, 0.2) is 0 Å². The zero-order chi connectivity index (χ0) is 20.4. The first kappa shape index (κ1) is 20.0. The molecule has 0 radical (unpaired) electrons. The van der Waals surface area contributed by atoms with E-state index in [-0.39, 0.29) is 29.6 Å². The van der Waals surface area contributed by atoms with Crippen LogP contribution in [0.15, 0.2) is 18.2 Å². The Labute approximate surface area is 173 Å². The van der Waals surface area contributed by atoms with Gasteiger partial charge in [-0.3, -0.25) is 9.59 Å². The Morgan fingerprint density at radius 3 is 2.28 bits per heavy atom. The van der Waals surface area contributed by atoms with Crippen LogP contribution in [-0.4, -0.2) is 62.0 Å². The largest absolute Gasteiger partial charge is 0.497 e. The highest BCUT2D eigenvalue weighted by molar-refractivity contribution is 5.84. The fraction of sp³-hybridized carbons (Fsp3) is 0.652. The van der Waals surface area contributed by atoms with E-state index in [1.165, 1.54) is 0 Å². The fourth-order valence-corrected chi connectivity index (χ4v) is 5.28. The van der Waals surface area contributed by atoms with Crippen molar-refractivity contribution in [3.05, 3.63) is 23.8 Å². The molecule has 1 aromatic carbocycles. The molecule has 1 saturated carbocycles. The minimum Gasteiger partial charge on any atom is -0.497 e. The van der Waals surface area contributed by atoms with Crippen molar-refractivity contribution in [1.29, 1.82) is 0 Å². The van der Waals surface area contributed by atoms with Gasteiger partial charge in [0.05, 0.1) is 20.1 Å². The highest BCUT2D eigenvalue weighted by Crippen LogP contribution is 2.41. The molecule has 0 unspecified atom stereocenters. The lowest BCUT2D eigenvalue weighted by atomic mass is 9.87. The smallest absolute Gasteiger partial charge is 0.228 e. The Morgan fingerprint density at radius 1 is 0.897 bits per heavy atom. The van der Waals surface area contributed by atoms with Crippen molar-refractivity contribution in [3.63, 3.8) is 0 Å². The second-order valence-corrected chi connectivity index (χ2v) is 8.58. The highest BCUT2D eigenvalue weighted by Gasteiger charge is 2.44. The molecular weight excluding hydrogens is 368 g/mol. The Hall–Kier alpha value is -2.24. The van der Waals surface area contributed by atoms with E-state index in [2.05, 4.69) is 0 Å². The van der Waals surface area contributed by atoms with Crippen LogP contribution in [0.2, 0.25) is 0 Å². The van der Waals surface area contributed by atoms with Crippen LogP contribution >= 0.6 is 0 Å². The molecule has 2 heterocycles. The number of methoxy groups -OCH3 is 2. The Balaban J connectivity index is 1.62. The summed E-state index contributed by atoms with van der Waals surface area (Å²) in [5.74, 6) is 1.75. The SMILES string of the molecule is COc1ccc([C@@H]2CN(C(=O)C3CCCC3)C[C@@H]2C(=O)N2CCCC2)c(OC)c1. The van der Waals surface area contributed by atoms with Crippen LogP contribution in [0.4, 0.5) is 0 Å². The number of hydrogen-bond donors (Lipinski definition) is 0. The van der Waals surface area contributed by atoms with Crippen molar-refractivity contribution >= 4 is 11.8 Å². The van der Waals surface area contributed by atoms with Gasteiger partial charge in [-0.1, -0.05) is 18.9 Å². The summed E-state index contributed by atoms with van der Waals surface area (Å²) in [6.45, 7) is 2.77. The Bertz CT molecular complexity index is 753. The number of nitrogens with zero attached hydrogens (tertiary/aromatic N) is 2. The van der Waals surface area contributed by atoms with E-state index in [1.54, 1.807) is 14.2 Å². The van der Waals surface area contributed by atoms with Gasteiger partial charge in [-0.2, -0.15) is 0 Å². The summed E-state index contributed by atoms with van der Waals surface area (Å²) in [4.78, 5) is 30.4. The van der Waals surface area contributed by atoms with Crippen molar-refractivity contribution in [2.24, 2.45) is 11.8 Å². The molecule has 3 fully saturated rings. The average Bonchev–Trinajstić information content (AvgIpc) is 3.53. The summed E-state index contributed by atoms with van der Waals surface area (Å²) in [7, 11) is 3.28. The number of likely N-dealkylation sites (tertiary alicyclic amines) is 2. The maximum absolute atomic E-state index is 13.4. The van der Waals surface area contributed by atoms with Crippen molar-refractivity contribution in [2.75, 3.05) is 40.4 Å². The summed E-state index contributed by atoms with van der Waals surface area (Å²) in [5.41, 5.74) is 0.993. The predicted molar refractivity (Wildman–Crippen MR) is 110 cm³/mol. The third-order valence-electron chi connectivity index (χ3n) is 6.91. The van der Waals surface area contributed by atoms with Crippen LogP contribution in [0.3, 0.4) is 0 Å². The first-order valence-electron chi connectivity index (χ1n) is 10.9. The zero-order valence-electron chi connectivity index (χ0n) is 17.6. The van der Waals surface area contributed by atoms with Crippen molar-refractivity contribution < 1.29 is 19.1 Å². The first-order valence-corrected chi connectivity index (χ1v) is 10.9. The molecule has 2 atom stereocenters. The quantitative estimate of drug-likeness (QED) is 0.762. The maximum atomic E-state index is 13.4. The van der Waals surface area contributed by atoms with E-state index < -0.39 is 0 Å². The number of hydrogen-bond acceptors (Lipinski definition) is 4.